The van der Waals surface area contributed by atoms with Gasteiger partial charge in [0.2, 0.25) is 11.9 Å². The highest BCUT2D eigenvalue weighted by atomic mass is 16.6. The maximum atomic E-state index is 12.0. The van der Waals surface area contributed by atoms with Crippen LogP contribution >= 0.6 is 0 Å². The monoisotopic (exact) mass is 332 g/mol. The van der Waals surface area contributed by atoms with Crippen LogP contribution in [0.1, 0.15) is 24.2 Å². The molecule has 0 saturated carbocycles. The van der Waals surface area contributed by atoms with Gasteiger partial charge in [-0.2, -0.15) is 0 Å². The van der Waals surface area contributed by atoms with E-state index in [1.54, 1.807) is 25.4 Å². The third kappa shape index (κ3) is 3.85. The van der Waals surface area contributed by atoms with Gasteiger partial charge in [-0.1, -0.05) is 10.3 Å². The van der Waals surface area contributed by atoms with Gasteiger partial charge in [-0.15, -0.1) is 0 Å². The Morgan fingerprint density at radius 2 is 2.21 bits per heavy atom. The lowest BCUT2D eigenvalue weighted by molar-refractivity contribution is -0.121. The van der Waals surface area contributed by atoms with Crippen LogP contribution in [0.25, 0.3) is 0 Å². The lowest BCUT2D eigenvalue weighted by atomic mass is 9.93. The Morgan fingerprint density at radius 3 is 2.92 bits per heavy atom. The molecule has 0 unspecified atom stereocenters. The van der Waals surface area contributed by atoms with Crippen molar-refractivity contribution in [3.63, 3.8) is 0 Å². The molecule has 1 fully saturated rings. The van der Waals surface area contributed by atoms with Gasteiger partial charge in [0.1, 0.15) is 11.4 Å². The van der Waals surface area contributed by atoms with Crippen molar-refractivity contribution in [3.8, 4) is 0 Å². The zero-order valence-corrected chi connectivity index (χ0v) is 13.5. The molecule has 0 aromatic carbocycles. The lowest BCUT2D eigenvalue weighted by Gasteiger charge is -2.39. The molecule has 9 heteroatoms. The second-order valence-electron chi connectivity index (χ2n) is 6.05. The highest BCUT2D eigenvalue weighted by Gasteiger charge is 2.34. The molecule has 9 nitrogen and oxygen atoms in total. The zero-order chi connectivity index (χ0) is 17.0. The fraction of sp³-hybridized carbons (Fsp3) is 0.533. The van der Waals surface area contributed by atoms with Crippen molar-refractivity contribution in [3.05, 3.63) is 29.8 Å². The van der Waals surface area contributed by atoms with E-state index >= 15 is 0 Å². The average molecular weight is 332 g/mol. The highest BCUT2D eigenvalue weighted by Crippen LogP contribution is 2.23. The van der Waals surface area contributed by atoms with Gasteiger partial charge in [-0.05, 0) is 25.8 Å². The molecule has 0 spiro atoms. The third-order valence-electron chi connectivity index (χ3n) is 4.08. The molecule has 2 N–H and O–H groups in total. The summed E-state index contributed by atoms with van der Waals surface area (Å²) < 4.78 is 4.57. The van der Waals surface area contributed by atoms with Crippen LogP contribution in [0.2, 0.25) is 0 Å². The van der Waals surface area contributed by atoms with Crippen LogP contribution in [0.3, 0.4) is 0 Å². The first-order valence-electron chi connectivity index (χ1n) is 7.85. The van der Waals surface area contributed by atoms with E-state index in [2.05, 4.69) is 30.2 Å². The number of rotatable bonds is 5. The van der Waals surface area contributed by atoms with E-state index in [0.717, 1.165) is 13.0 Å². The Kier molecular flexibility index (Phi) is 4.70. The summed E-state index contributed by atoms with van der Waals surface area (Å²) in [5.74, 6) is 0.363. The molecule has 0 aliphatic carbocycles. The van der Waals surface area contributed by atoms with Crippen LogP contribution < -0.4 is 10.2 Å². The molecule has 1 saturated heterocycles. The first-order valence-corrected chi connectivity index (χ1v) is 7.85. The highest BCUT2D eigenvalue weighted by molar-refractivity contribution is 5.78. The summed E-state index contributed by atoms with van der Waals surface area (Å²) in [5.41, 5.74) is 0.0842. The minimum absolute atomic E-state index is 0.0803. The first kappa shape index (κ1) is 16.3. The number of anilines is 1. The van der Waals surface area contributed by atoms with Crippen LogP contribution in [0, 0.1) is 6.92 Å². The van der Waals surface area contributed by atoms with Crippen LogP contribution in [-0.4, -0.2) is 56.5 Å². The van der Waals surface area contributed by atoms with Crippen LogP contribution in [0.15, 0.2) is 23.1 Å². The van der Waals surface area contributed by atoms with Crippen molar-refractivity contribution in [1.29, 1.82) is 0 Å². The number of nitrogens with zero attached hydrogens (tertiary/aromatic N) is 5. The normalized spacial score (nSPS) is 20.8. The van der Waals surface area contributed by atoms with Crippen molar-refractivity contribution in [1.82, 2.24) is 25.6 Å². The number of carbonyl (C=O) groups excluding carboxylic acids is 1. The maximum absolute atomic E-state index is 12.0. The maximum Gasteiger partial charge on any atom is 0.226 e. The van der Waals surface area contributed by atoms with E-state index in [9.17, 15) is 9.90 Å². The largest absolute Gasteiger partial charge is 0.386 e. The topological polar surface area (TPSA) is 117 Å². The number of hydrogen-bond acceptors (Lipinski definition) is 8. The molecule has 3 heterocycles. The second kappa shape index (κ2) is 6.91. The molecule has 2 aromatic heterocycles. The van der Waals surface area contributed by atoms with Gasteiger partial charge in [0.15, 0.2) is 0 Å². The molecular formula is C15H20N6O3. The average Bonchev–Trinajstić information content (AvgIpc) is 2.99. The molecule has 1 aliphatic rings. The molecule has 2 aromatic rings. The number of nitrogens with one attached hydrogen (secondary N) is 1. The van der Waals surface area contributed by atoms with E-state index in [-0.39, 0.29) is 18.9 Å². The minimum atomic E-state index is -1.01. The number of β-amino-alcohol motifs (C(OH)–C–C–N with tert-alkyl or cyclic N) is 1. The Balaban J connectivity index is 1.55. The van der Waals surface area contributed by atoms with Gasteiger partial charge in [-0.3, -0.25) is 4.79 Å². The standard InChI is InChI=1S/C15H20N6O3/c1-11-12(20-24-19-11)8-13(22)18-9-15(23)4-2-7-21(10-15)14-16-5-3-6-17-14/h3,5-6,23H,2,4,7-10H2,1H3,(H,18,22)/t15-/m1/s1. The number of hydrogen-bond donors (Lipinski definition) is 2. The molecular weight excluding hydrogens is 312 g/mol. The van der Waals surface area contributed by atoms with Crippen molar-refractivity contribution in [2.45, 2.75) is 31.8 Å². The molecule has 3 rings (SSSR count). The SMILES string of the molecule is Cc1nonc1CC(=O)NC[C@]1(O)CCCN(c2ncccn2)C1. The molecule has 24 heavy (non-hydrogen) atoms. The first-order chi connectivity index (χ1) is 11.6. The number of carbonyl (C=O) groups is 1. The van der Waals surface area contributed by atoms with Crippen molar-refractivity contribution < 1.29 is 14.5 Å². The summed E-state index contributed by atoms with van der Waals surface area (Å²) in [5, 5.41) is 20.9. The van der Waals surface area contributed by atoms with Crippen LogP contribution in [0.5, 0.6) is 0 Å². The van der Waals surface area contributed by atoms with E-state index in [0.29, 0.717) is 30.3 Å². The fourth-order valence-electron chi connectivity index (χ4n) is 2.77. The van der Waals surface area contributed by atoms with E-state index in [1.807, 2.05) is 4.90 Å². The number of aryl methyl sites for hydroxylation is 1. The van der Waals surface area contributed by atoms with E-state index in [1.165, 1.54) is 0 Å². The zero-order valence-electron chi connectivity index (χ0n) is 13.5. The van der Waals surface area contributed by atoms with E-state index < -0.39 is 5.60 Å². The summed E-state index contributed by atoms with van der Waals surface area (Å²) in [7, 11) is 0. The number of amides is 1. The minimum Gasteiger partial charge on any atom is -0.386 e. The van der Waals surface area contributed by atoms with Gasteiger partial charge in [0, 0.05) is 25.5 Å². The summed E-state index contributed by atoms with van der Waals surface area (Å²) in [6.45, 7) is 3.05. The van der Waals surface area contributed by atoms with Gasteiger partial charge in [0.05, 0.1) is 18.6 Å². The number of aromatic nitrogens is 4. The van der Waals surface area contributed by atoms with Gasteiger partial charge >= 0.3 is 0 Å². The number of aliphatic hydroxyl groups is 1. The van der Waals surface area contributed by atoms with Crippen molar-refractivity contribution in [2.75, 3.05) is 24.5 Å². The van der Waals surface area contributed by atoms with Gasteiger partial charge in [-0.25, -0.2) is 14.6 Å². The Morgan fingerprint density at radius 1 is 1.42 bits per heavy atom. The molecule has 1 amide bonds. The second-order valence-corrected chi connectivity index (χ2v) is 6.05. The van der Waals surface area contributed by atoms with Gasteiger partial charge in [0.25, 0.3) is 0 Å². The quantitative estimate of drug-likeness (QED) is 0.777. The van der Waals surface area contributed by atoms with Crippen LogP contribution in [0.4, 0.5) is 5.95 Å². The Labute approximate surface area is 139 Å². The molecule has 0 bridgehead atoms. The summed E-state index contributed by atoms with van der Waals surface area (Å²) in [4.78, 5) is 22.4. The number of piperidine rings is 1. The third-order valence-corrected chi connectivity index (χ3v) is 4.08. The molecule has 1 aliphatic heterocycles. The Hall–Kier alpha value is -2.55. The Bertz CT molecular complexity index is 692. The summed E-state index contributed by atoms with van der Waals surface area (Å²) >= 11 is 0. The van der Waals surface area contributed by atoms with Crippen LogP contribution in [-0.2, 0) is 11.2 Å². The van der Waals surface area contributed by atoms with Crippen molar-refractivity contribution >= 4 is 11.9 Å². The smallest absolute Gasteiger partial charge is 0.226 e. The van der Waals surface area contributed by atoms with Crippen molar-refractivity contribution in [2.24, 2.45) is 0 Å². The summed E-state index contributed by atoms with van der Waals surface area (Å²) in [6.07, 6.45) is 4.84. The predicted octanol–water partition coefficient (Wildman–Crippen LogP) is -0.142. The molecule has 0 radical (unpaired) electrons. The molecule has 1 atom stereocenters. The lowest BCUT2D eigenvalue weighted by Crippen LogP contribution is -2.55. The predicted molar refractivity (Wildman–Crippen MR) is 84.2 cm³/mol. The van der Waals surface area contributed by atoms with E-state index in [4.69, 9.17) is 0 Å². The molecule has 128 valence electrons. The fourth-order valence-corrected chi connectivity index (χ4v) is 2.77. The summed E-state index contributed by atoms with van der Waals surface area (Å²) in [6, 6.07) is 1.75. The van der Waals surface area contributed by atoms with Gasteiger partial charge < -0.3 is 15.3 Å².